The molecular weight excluding hydrogens is 172 g/mol. The molecule has 0 bridgehead atoms. The molecule has 1 heteroatoms. The third-order valence-electron chi connectivity index (χ3n) is 2.38. The van der Waals surface area contributed by atoms with Gasteiger partial charge in [0.25, 0.3) is 0 Å². The van der Waals surface area contributed by atoms with Gasteiger partial charge in [0.15, 0.2) is 5.78 Å². The second kappa shape index (κ2) is 10.5. The van der Waals surface area contributed by atoms with Crippen molar-refractivity contribution in [1.82, 2.24) is 0 Å². The molecule has 0 amide bonds. The van der Waals surface area contributed by atoms with Gasteiger partial charge in [-0.05, 0) is 19.4 Å². The van der Waals surface area contributed by atoms with Gasteiger partial charge in [0, 0.05) is 6.42 Å². The van der Waals surface area contributed by atoms with E-state index in [1.165, 1.54) is 38.5 Å². The van der Waals surface area contributed by atoms with Gasteiger partial charge in [0.1, 0.15) is 0 Å². The van der Waals surface area contributed by atoms with E-state index in [1.54, 1.807) is 6.08 Å². The molecule has 0 atom stereocenters. The predicted octanol–water partition coefficient (Wildman–Crippen LogP) is 4.27. The third kappa shape index (κ3) is 9.50. The van der Waals surface area contributed by atoms with Crippen molar-refractivity contribution in [2.24, 2.45) is 0 Å². The Labute approximate surface area is 88.6 Å². The van der Waals surface area contributed by atoms with E-state index in [0.717, 1.165) is 12.8 Å². The lowest BCUT2D eigenvalue weighted by atomic mass is 10.1. The molecule has 0 fully saturated rings. The molecule has 0 aromatic heterocycles. The molecule has 0 aromatic rings. The average Bonchev–Trinajstić information content (AvgIpc) is 2.17. The average molecular weight is 196 g/mol. The van der Waals surface area contributed by atoms with Gasteiger partial charge in [0.2, 0.25) is 0 Å². The molecule has 0 aliphatic heterocycles. The van der Waals surface area contributed by atoms with Gasteiger partial charge in [-0.2, -0.15) is 0 Å². The van der Waals surface area contributed by atoms with E-state index >= 15 is 0 Å². The molecule has 0 heterocycles. The molecule has 0 aromatic carbocycles. The second-order valence-corrected chi connectivity index (χ2v) is 3.84. The molecule has 0 N–H and O–H groups in total. The van der Waals surface area contributed by atoms with Crippen molar-refractivity contribution in [1.29, 1.82) is 0 Å². The predicted molar refractivity (Wildman–Crippen MR) is 62.4 cm³/mol. The van der Waals surface area contributed by atoms with Crippen molar-refractivity contribution in [2.75, 3.05) is 0 Å². The molecule has 0 aliphatic carbocycles. The van der Waals surface area contributed by atoms with Crippen molar-refractivity contribution >= 4 is 5.78 Å². The summed E-state index contributed by atoms with van der Waals surface area (Å²) in [4.78, 5) is 11.1. The largest absolute Gasteiger partial charge is 0.295 e. The molecule has 0 spiro atoms. The van der Waals surface area contributed by atoms with E-state index in [2.05, 4.69) is 6.92 Å². The van der Waals surface area contributed by atoms with E-state index in [-0.39, 0.29) is 5.78 Å². The molecule has 82 valence electrons. The summed E-state index contributed by atoms with van der Waals surface area (Å²) >= 11 is 0. The first kappa shape index (κ1) is 13.4. The highest BCUT2D eigenvalue weighted by molar-refractivity contribution is 5.89. The molecule has 0 unspecified atom stereocenters. The van der Waals surface area contributed by atoms with E-state index in [4.69, 9.17) is 0 Å². The highest BCUT2D eigenvalue weighted by Crippen LogP contribution is 2.08. The van der Waals surface area contributed by atoms with Crippen molar-refractivity contribution in [3.8, 4) is 0 Å². The Bertz CT molecular complexity index is 159. The fraction of sp³-hybridized carbons (Fsp3) is 0.769. The van der Waals surface area contributed by atoms with Crippen molar-refractivity contribution in [3.63, 3.8) is 0 Å². The Morgan fingerprint density at radius 2 is 1.57 bits per heavy atom. The smallest absolute Gasteiger partial charge is 0.155 e. The van der Waals surface area contributed by atoms with Gasteiger partial charge in [0.05, 0.1) is 0 Å². The lowest BCUT2D eigenvalue weighted by molar-refractivity contribution is -0.114. The lowest BCUT2D eigenvalue weighted by Gasteiger charge is -1.99. The molecule has 0 saturated carbocycles. The van der Waals surface area contributed by atoms with Crippen LogP contribution in [0.4, 0.5) is 0 Å². The van der Waals surface area contributed by atoms with Crippen LogP contribution in [0.5, 0.6) is 0 Å². The molecule has 0 aliphatic rings. The quantitative estimate of drug-likeness (QED) is 0.397. The maximum absolute atomic E-state index is 11.1. The fourth-order valence-electron chi connectivity index (χ4n) is 1.53. The molecular formula is C13H24O. The SMILES string of the molecule is C/C=C/C(=O)CCCCCCCCC. The summed E-state index contributed by atoms with van der Waals surface area (Å²) in [6.45, 7) is 4.12. The van der Waals surface area contributed by atoms with Crippen LogP contribution in [0.3, 0.4) is 0 Å². The summed E-state index contributed by atoms with van der Waals surface area (Å²) in [5.74, 6) is 0.279. The summed E-state index contributed by atoms with van der Waals surface area (Å²) in [5.41, 5.74) is 0. The van der Waals surface area contributed by atoms with Crippen molar-refractivity contribution in [3.05, 3.63) is 12.2 Å². The molecule has 1 nitrogen and oxygen atoms in total. The normalized spacial score (nSPS) is 11.0. The van der Waals surface area contributed by atoms with Crippen LogP contribution in [0.15, 0.2) is 12.2 Å². The van der Waals surface area contributed by atoms with E-state index in [0.29, 0.717) is 0 Å². The topological polar surface area (TPSA) is 17.1 Å². The number of ketones is 1. The van der Waals surface area contributed by atoms with E-state index in [9.17, 15) is 4.79 Å². The third-order valence-corrected chi connectivity index (χ3v) is 2.38. The Morgan fingerprint density at radius 3 is 2.14 bits per heavy atom. The Balaban J connectivity index is 3.09. The molecule has 0 rings (SSSR count). The molecule has 14 heavy (non-hydrogen) atoms. The zero-order valence-electron chi connectivity index (χ0n) is 9.72. The standard InChI is InChI=1S/C13H24O/c1-3-5-6-7-8-9-10-12-13(14)11-4-2/h4,11H,3,5-10,12H2,1-2H3/b11-4+. The maximum atomic E-state index is 11.1. The minimum Gasteiger partial charge on any atom is -0.295 e. The van der Waals surface area contributed by atoms with Crippen LogP contribution in [0.1, 0.15) is 65.2 Å². The van der Waals surface area contributed by atoms with Crippen molar-refractivity contribution < 1.29 is 4.79 Å². The molecule has 0 radical (unpaired) electrons. The first-order valence-electron chi connectivity index (χ1n) is 5.96. The van der Waals surface area contributed by atoms with Crippen LogP contribution in [-0.2, 0) is 4.79 Å². The second-order valence-electron chi connectivity index (χ2n) is 3.84. The Kier molecular flexibility index (Phi) is 10.0. The summed E-state index contributed by atoms with van der Waals surface area (Å²) in [6, 6.07) is 0. The van der Waals surface area contributed by atoms with Crippen LogP contribution in [0, 0.1) is 0 Å². The van der Waals surface area contributed by atoms with Gasteiger partial charge in [-0.3, -0.25) is 4.79 Å². The first-order chi connectivity index (χ1) is 6.81. The maximum Gasteiger partial charge on any atom is 0.155 e. The first-order valence-corrected chi connectivity index (χ1v) is 5.96. The number of carbonyl (C=O) groups excluding carboxylic acids is 1. The minimum atomic E-state index is 0.279. The number of unbranched alkanes of at least 4 members (excludes halogenated alkanes) is 6. The number of rotatable bonds is 9. The number of hydrogen-bond acceptors (Lipinski definition) is 1. The summed E-state index contributed by atoms with van der Waals surface area (Å²) in [5, 5.41) is 0. The van der Waals surface area contributed by atoms with Crippen LogP contribution >= 0.6 is 0 Å². The van der Waals surface area contributed by atoms with Gasteiger partial charge in [-0.15, -0.1) is 0 Å². The number of hydrogen-bond donors (Lipinski definition) is 0. The van der Waals surface area contributed by atoms with Crippen LogP contribution < -0.4 is 0 Å². The monoisotopic (exact) mass is 196 g/mol. The zero-order chi connectivity index (χ0) is 10.6. The summed E-state index contributed by atoms with van der Waals surface area (Å²) in [6.07, 6.45) is 13.2. The number of carbonyl (C=O) groups is 1. The van der Waals surface area contributed by atoms with Gasteiger partial charge in [-0.25, -0.2) is 0 Å². The minimum absolute atomic E-state index is 0.279. The van der Waals surface area contributed by atoms with Crippen molar-refractivity contribution in [2.45, 2.75) is 65.2 Å². The Hall–Kier alpha value is -0.590. The molecule has 0 saturated heterocycles. The van der Waals surface area contributed by atoms with Gasteiger partial charge in [-0.1, -0.05) is 51.5 Å². The van der Waals surface area contributed by atoms with Crippen LogP contribution in [0.25, 0.3) is 0 Å². The zero-order valence-corrected chi connectivity index (χ0v) is 9.72. The van der Waals surface area contributed by atoms with Gasteiger partial charge < -0.3 is 0 Å². The lowest BCUT2D eigenvalue weighted by Crippen LogP contribution is -1.91. The van der Waals surface area contributed by atoms with E-state index in [1.807, 2.05) is 13.0 Å². The van der Waals surface area contributed by atoms with E-state index < -0.39 is 0 Å². The van der Waals surface area contributed by atoms with Crippen LogP contribution in [0.2, 0.25) is 0 Å². The summed E-state index contributed by atoms with van der Waals surface area (Å²) < 4.78 is 0. The van der Waals surface area contributed by atoms with Gasteiger partial charge >= 0.3 is 0 Å². The highest BCUT2D eigenvalue weighted by Gasteiger charge is 1.95. The Morgan fingerprint density at radius 1 is 1.00 bits per heavy atom. The fourth-order valence-corrected chi connectivity index (χ4v) is 1.53. The van der Waals surface area contributed by atoms with Crippen LogP contribution in [-0.4, -0.2) is 5.78 Å². The highest BCUT2D eigenvalue weighted by atomic mass is 16.1. The number of allylic oxidation sites excluding steroid dienone is 2. The summed E-state index contributed by atoms with van der Waals surface area (Å²) in [7, 11) is 0.